The number of hydrogen-bond acceptors (Lipinski definition) is 7. The summed E-state index contributed by atoms with van der Waals surface area (Å²) >= 11 is 0. The Morgan fingerprint density at radius 3 is 2.81 bits per heavy atom. The van der Waals surface area contributed by atoms with E-state index in [1.54, 1.807) is 0 Å². The van der Waals surface area contributed by atoms with Gasteiger partial charge in [0.25, 0.3) is 5.95 Å². The normalized spacial score (nSPS) is 24.2. The van der Waals surface area contributed by atoms with Gasteiger partial charge in [0.1, 0.15) is 5.60 Å². The molecule has 2 fully saturated rings. The van der Waals surface area contributed by atoms with Crippen LogP contribution in [0, 0.1) is 11.8 Å². The summed E-state index contributed by atoms with van der Waals surface area (Å²) in [4.78, 5) is 19.0. The van der Waals surface area contributed by atoms with Crippen LogP contribution in [0.2, 0.25) is 0 Å². The van der Waals surface area contributed by atoms with Crippen molar-refractivity contribution in [2.75, 3.05) is 18.0 Å². The molecule has 1 aromatic heterocycles. The van der Waals surface area contributed by atoms with Gasteiger partial charge in [0, 0.05) is 31.2 Å². The van der Waals surface area contributed by atoms with Gasteiger partial charge >= 0.3 is 5.97 Å². The monoisotopic (exact) mass is 494 g/mol. The van der Waals surface area contributed by atoms with Gasteiger partial charge in [0.2, 0.25) is 5.89 Å². The summed E-state index contributed by atoms with van der Waals surface area (Å²) in [6.07, 6.45) is 11.8. The summed E-state index contributed by atoms with van der Waals surface area (Å²) in [6.45, 7) is 7.93. The van der Waals surface area contributed by atoms with Crippen molar-refractivity contribution in [1.82, 2.24) is 15.5 Å². The second kappa shape index (κ2) is 10.9. The van der Waals surface area contributed by atoms with Gasteiger partial charge < -0.3 is 19.5 Å². The molecule has 0 radical (unpaired) electrons. The van der Waals surface area contributed by atoms with Crippen LogP contribution >= 0.6 is 0 Å². The third-order valence-electron chi connectivity index (χ3n) is 8.08. The quantitative estimate of drug-likeness (QED) is 0.371. The summed E-state index contributed by atoms with van der Waals surface area (Å²) in [6, 6.07) is 6.61. The Hall–Kier alpha value is -2.41. The maximum Gasteiger partial charge on any atom is 0.307 e. The van der Waals surface area contributed by atoms with E-state index in [1.807, 2.05) is 20.8 Å². The van der Waals surface area contributed by atoms with Gasteiger partial charge in [-0.05, 0) is 87.1 Å². The molecule has 2 saturated carbocycles. The van der Waals surface area contributed by atoms with E-state index in [0.717, 1.165) is 43.7 Å². The van der Waals surface area contributed by atoms with E-state index in [4.69, 9.17) is 14.2 Å². The van der Waals surface area contributed by atoms with E-state index < -0.39 is 5.60 Å². The zero-order chi connectivity index (χ0) is 25.1. The van der Waals surface area contributed by atoms with Gasteiger partial charge in [-0.1, -0.05) is 37.8 Å². The highest BCUT2D eigenvalue weighted by molar-refractivity contribution is 5.70. The molecular formula is C29H42N4O3. The van der Waals surface area contributed by atoms with Gasteiger partial charge in [0.05, 0.1) is 6.42 Å². The number of nitrogens with one attached hydrogen (secondary N) is 1. The molecular weight excluding hydrogens is 452 g/mol. The molecule has 2 aliphatic carbocycles. The number of benzene rings is 1. The van der Waals surface area contributed by atoms with Gasteiger partial charge in [-0.15, -0.1) is 0 Å². The van der Waals surface area contributed by atoms with E-state index in [2.05, 4.69) is 33.6 Å². The number of carbonyl (C=O) groups excluding carboxylic acids is 1. The Balaban J connectivity index is 1.18. The van der Waals surface area contributed by atoms with Gasteiger partial charge in [-0.3, -0.25) is 4.79 Å². The summed E-state index contributed by atoms with van der Waals surface area (Å²) in [5.74, 6) is 3.57. The van der Waals surface area contributed by atoms with Crippen LogP contribution in [-0.4, -0.2) is 34.8 Å². The molecule has 196 valence electrons. The second-order valence-electron chi connectivity index (χ2n) is 12.0. The average Bonchev–Trinajstić information content (AvgIpc) is 3.35. The Morgan fingerprint density at radius 1 is 1.14 bits per heavy atom. The fourth-order valence-corrected chi connectivity index (χ4v) is 6.38. The molecule has 7 nitrogen and oxygen atoms in total. The van der Waals surface area contributed by atoms with E-state index in [1.165, 1.54) is 61.8 Å². The van der Waals surface area contributed by atoms with E-state index in [-0.39, 0.29) is 5.97 Å². The number of nitrogens with zero attached hydrogens (tertiary/aromatic N) is 3. The Bertz CT molecular complexity index is 1040. The molecule has 3 unspecified atom stereocenters. The fraction of sp³-hybridized carbons (Fsp3) is 0.690. The van der Waals surface area contributed by atoms with Crippen LogP contribution in [0.4, 0.5) is 11.6 Å². The highest BCUT2D eigenvalue weighted by Gasteiger charge is 2.35. The number of rotatable bonds is 7. The molecule has 3 atom stereocenters. The van der Waals surface area contributed by atoms with Crippen LogP contribution in [0.5, 0.6) is 0 Å². The van der Waals surface area contributed by atoms with Crippen LogP contribution in [-0.2, 0) is 22.5 Å². The second-order valence-corrected chi connectivity index (χ2v) is 12.0. The predicted octanol–water partition coefficient (Wildman–Crippen LogP) is 6.05. The number of esters is 1. The number of aryl methyl sites for hydroxylation is 1. The summed E-state index contributed by atoms with van der Waals surface area (Å²) in [5, 5.41) is 7.80. The highest BCUT2D eigenvalue weighted by atomic mass is 16.6. The van der Waals surface area contributed by atoms with Crippen molar-refractivity contribution < 1.29 is 14.1 Å². The lowest BCUT2D eigenvalue weighted by Gasteiger charge is -2.38. The van der Waals surface area contributed by atoms with Gasteiger partial charge in [-0.2, -0.15) is 4.98 Å². The number of hydrogen-bond donors (Lipinski definition) is 1. The van der Waals surface area contributed by atoms with Crippen molar-refractivity contribution in [1.29, 1.82) is 0 Å². The van der Waals surface area contributed by atoms with Crippen molar-refractivity contribution in [3.05, 3.63) is 35.2 Å². The number of anilines is 2. The minimum absolute atomic E-state index is 0.164. The summed E-state index contributed by atoms with van der Waals surface area (Å²) < 4.78 is 11.2. The van der Waals surface area contributed by atoms with Gasteiger partial charge in [-0.25, -0.2) is 0 Å². The molecule has 2 aromatic rings. The Morgan fingerprint density at radius 2 is 1.97 bits per heavy atom. The maximum absolute atomic E-state index is 11.9. The van der Waals surface area contributed by atoms with Crippen LogP contribution in [0.15, 0.2) is 22.7 Å². The number of aromatic nitrogens is 2. The lowest BCUT2D eigenvalue weighted by atomic mass is 9.67. The topological polar surface area (TPSA) is 80.5 Å². The smallest absolute Gasteiger partial charge is 0.307 e. The van der Waals surface area contributed by atoms with Crippen molar-refractivity contribution in [2.45, 2.75) is 103 Å². The molecule has 3 aliphatic rings. The average molecular weight is 495 g/mol. The first-order valence-corrected chi connectivity index (χ1v) is 14.0. The first kappa shape index (κ1) is 25.2. The molecule has 0 spiro atoms. The molecule has 36 heavy (non-hydrogen) atoms. The van der Waals surface area contributed by atoms with Crippen molar-refractivity contribution in [2.24, 2.45) is 11.8 Å². The van der Waals surface area contributed by atoms with Crippen LogP contribution in [0.1, 0.15) is 101 Å². The maximum atomic E-state index is 11.9. The SMILES string of the molecule is CC(C)(C)OC(=O)CCNCc1ccc2c(c1)CCCN2c1noc(C2CCC3CCCCC3C2)n1. The first-order chi connectivity index (χ1) is 17.4. The van der Waals surface area contributed by atoms with Crippen molar-refractivity contribution in [3.63, 3.8) is 0 Å². The number of ether oxygens (including phenoxy) is 1. The van der Waals surface area contributed by atoms with E-state index in [9.17, 15) is 4.79 Å². The molecule has 1 aromatic carbocycles. The van der Waals surface area contributed by atoms with Gasteiger partial charge in [0.15, 0.2) is 0 Å². The van der Waals surface area contributed by atoms with Crippen LogP contribution in [0.3, 0.4) is 0 Å². The third kappa shape index (κ3) is 6.10. The first-order valence-electron chi connectivity index (χ1n) is 14.0. The van der Waals surface area contributed by atoms with Crippen molar-refractivity contribution >= 4 is 17.6 Å². The van der Waals surface area contributed by atoms with Crippen LogP contribution < -0.4 is 10.2 Å². The molecule has 1 N–H and O–H groups in total. The Kier molecular flexibility index (Phi) is 7.65. The van der Waals surface area contributed by atoms with E-state index in [0.29, 0.717) is 24.8 Å². The lowest BCUT2D eigenvalue weighted by molar-refractivity contribution is -0.154. The highest BCUT2D eigenvalue weighted by Crippen LogP contribution is 2.46. The Labute approximate surface area is 215 Å². The minimum Gasteiger partial charge on any atom is -0.460 e. The summed E-state index contributed by atoms with van der Waals surface area (Å²) in [7, 11) is 0. The molecule has 0 saturated heterocycles. The molecule has 2 heterocycles. The predicted molar refractivity (Wildman–Crippen MR) is 140 cm³/mol. The van der Waals surface area contributed by atoms with E-state index >= 15 is 0 Å². The molecule has 1 aliphatic heterocycles. The van der Waals surface area contributed by atoms with Crippen molar-refractivity contribution in [3.8, 4) is 0 Å². The van der Waals surface area contributed by atoms with Crippen LogP contribution in [0.25, 0.3) is 0 Å². The molecule has 0 amide bonds. The lowest BCUT2D eigenvalue weighted by Crippen LogP contribution is -2.27. The fourth-order valence-electron chi connectivity index (χ4n) is 6.38. The largest absolute Gasteiger partial charge is 0.460 e. The zero-order valence-electron chi connectivity index (χ0n) is 22.2. The standard InChI is InChI=1S/C29H42N4O3/c1-29(2,3)35-26(34)14-15-30-19-20-10-13-25-23(17-20)9-6-16-33(25)28-31-27(36-32-28)24-12-11-21-7-4-5-8-22(21)18-24/h10,13,17,21-22,24,30H,4-9,11-12,14-16,18-19H2,1-3H3. The molecule has 0 bridgehead atoms. The number of fused-ring (bicyclic) bond motifs is 2. The summed E-state index contributed by atoms with van der Waals surface area (Å²) in [5.41, 5.74) is 3.29. The number of carbonyl (C=O) groups is 1. The minimum atomic E-state index is -0.435. The third-order valence-corrected chi connectivity index (χ3v) is 8.08. The molecule has 5 rings (SSSR count). The zero-order valence-corrected chi connectivity index (χ0v) is 22.2. The molecule has 7 heteroatoms.